The normalized spacial score (nSPS) is 24.5. The molecule has 0 saturated heterocycles. The summed E-state index contributed by atoms with van der Waals surface area (Å²) < 4.78 is 3.60. The van der Waals surface area contributed by atoms with Crippen molar-refractivity contribution in [1.82, 2.24) is 39.6 Å². The van der Waals surface area contributed by atoms with Crippen LogP contribution in [0.3, 0.4) is 0 Å². The third kappa shape index (κ3) is 3.33. The van der Waals surface area contributed by atoms with Gasteiger partial charge in [-0.2, -0.15) is 5.10 Å². The Bertz CT molecular complexity index is 1010. The minimum atomic E-state index is -0.113. The number of hydrogen-bond acceptors (Lipinski definition) is 6. The third-order valence-corrected chi connectivity index (χ3v) is 6.09. The third-order valence-electron chi connectivity index (χ3n) is 6.09. The van der Waals surface area contributed by atoms with Gasteiger partial charge in [0.2, 0.25) is 0 Å². The number of rotatable bonds is 3. The van der Waals surface area contributed by atoms with Gasteiger partial charge < -0.3 is 15.6 Å². The molecule has 0 bridgehead atoms. The van der Waals surface area contributed by atoms with Crippen LogP contribution in [0.15, 0.2) is 24.9 Å². The lowest BCUT2D eigenvalue weighted by atomic mass is 9.92. The molecular weight excluding hydrogens is 370 g/mol. The van der Waals surface area contributed by atoms with E-state index in [1.165, 1.54) is 0 Å². The molecule has 29 heavy (non-hydrogen) atoms. The Morgan fingerprint density at radius 2 is 2.07 bits per heavy atom. The van der Waals surface area contributed by atoms with Crippen LogP contribution in [-0.4, -0.2) is 58.1 Å². The van der Waals surface area contributed by atoms with Crippen LogP contribution in [0, 0.1) is 0 Å². The van der Waals surface area contributed by atoms with Crippen LogP contribution < -0.4 is 5.73 Å². The van der Waals surface area contributed by atoms with Gasteiger partial charge in [0.1, 0.15) is 0 Å². The average Bonchev–Trinajstić information content (AvgIpc) is 3.47. The predicted octanol–water partition coefficient (Wildman–Crippen LogP) is 0.965. The summed E-state index contributed by atoms with van der Waals surface area (Å²) in [5.41, 5.74) is 9.35. The minimum Gasteiger partial charge on any atom is -0.347 e. The van der Waals surface area contributed by atoms with E-state index in [9.17, 15) is 4.79 Å². The topological polar surface area (TPSA) is 124 Å². The molecule has 0 aromatic carbocycles. The average molecular weight is 395 g/mol. The van der Waals surface area contributed by atoms with Crippen LogP contribution in [0.5, 0.6) is 0 Å². The number of carbonyl (C=O) groups excluding carboxylic acids is 1. The highest BCUT2D eigenvalue weighted by Gasteiger charge is 2.33. The molecule has 2 aliphatic rings. The van der Waals surface area contributed by atoms with E-state index in [4.69, 9.17) is 5.73 Å². The molecule has 4 heterocycles. The van der Waals surface area contributed by atoms with Crippen molar-refractivity contribution < 1.29 is 4.79 Å². The molecule has 1 fully saturated rings. The van der Waals surface area contributed by atoms with Crippen LogP contribution in [0.25, 0.3) is 0 Å². The number of H-pyrrole nitrogens is 1. The number of aromatic amines is 1. The van der Waals surface area contributed by atoms with Gasteiger partial charge in [-0.3, -0.25) is 9.48 Å². The molecule has 3 N–H and O–H groups in total. The maximum atomic E-state index is 13.2. The highest BCUT2D eigenvalue weighted by molar-refractivity contribution is 5.92. The lowest BCUT2D eigenvalue weighted by Gasteiger charge is -2.31. The molecule has 10 heteroatoms. The summed E-state index contributed by atoms with van der Waals surface area (Å²) in [6, 6.07) is 0.546. The summed E-state index contributed by atoms with van der Waals surface area (Å²) in [7, 11) is 1.89. The summed E-state index contributed by atoms with van der Waals surface area (Å²) >= 11 is 0. The molecule has 1 amide bonds. The van der Waals surface area contributed by atoms with Crippen molar-refractivity contribution in [3.8, 4) is 0 Å². The number of nitrogens with two attached hydrogens (primary N) is 1. The quantitative estimate of drug-likeness (QED) is 0.681. The Kier molecular flexibility index (Phi) is 4.42. The molecule has 0 spiro atoms. The molecular formula is C19H25N9O. The zero-order valence-corrected chi connectivity index (χ0v) is 16.4. The molecule has 1 atom stereocenters. The van der Waals surface area contributed by atoms with Crippen molar-refractivity contribution in [2.75, 3.05) is 6.54 Å². The molecule has 3 aromatic heterocycles. The molecule has 0 radical (unpaired) electrons. The first-order valence-electron chi connectivity index (χ1n) is 10.1. The van der Waals surface area contributed by atoms with E-state index in [2.05, 4.69) is 25.4 Å². The van der Waals surface area contributed by atoms with Crippen molar-refractivity contribution >= 4 is 5.91 Å². The number of imidazole rings is 1. The molecule has 10 nitrogen and oxygen atoms in total. The second-order valence-electron chi connectivity index (χ2n) is 8.10. The van der Waals surface area contributed by atoms with Gasteiger partial charge in [-0.1, -0.05) is 5.21 Å². The van der Waals surface area contributed by atoms with Gasteiger partial charge in [0.25, 0.3) is 5.91 Å². The van der Waals surface area contributed by atoms with Gasteiger partial charge in [0.05, 0.1) is 42.7 Å². The summed E-state index contributed by atoms with van der Waals surface area (Å²) in [6.07, 6.45) is 11.2. The molecule has 5 rings (SSSR count). The van der Waals surface area contributed by atoms with Gasteiger partial charge in [0, 0.05) is 37.3 Å². The lowest BCUT2D eigenvalue weighted by molar-refractivity contribution is 0.0715. The number of aromatic nitrogens is 7. The van der Waals surface area contributed by atoms with E-state index >= 15 is 0 Å². The fraction of sp³-hybridized carbons (Fsp3) is 0.526. The first-order chi connectivity index (χ1) is 14.1. The first-order valence-corrected chi connectivity index (χ1v) is 10.1. The second-order valence-corrected chi connectivity index (χ2v) is 8.10. The SMILES string of the molecule is Cn1cc(C2CN(C(=O)c3cn(C4CCC(N)CC4)nn3)Cc3[nH]cnc32)cn1. The Balaban J connectivity index is 1.36. The molecule has 152 valence electrons. The summed E-state index contributed by atoms with van der Waals surface area (Å²) in [6.45, 7) is 1.02. The summed E-state index contributed by atoms with van der Waals surface area (Å²) in [4.78, 5) is 22.7. The summed E-state index contributed by atoms with van der Waals surface area (Å²) in [5, 5.41) is 12.7. The van der Waals surface area contributed by atoms with Gasteiger partial charge in [-0.05, 0) is 25.7 Å². The van der Waals surface area contributed by atoms with Crippen molar-refractivity contribution in [3.63, 3.8) is 0 Å². The van der Waals surface area contributed by atoms with Gasteiger partial charge in [-0.15, -0.1) is 5.10 Å². The summed E-state index contributed by atoms with van der Waals surface area (Å²) in [5.74, 6) is -0.129. The van der Waals surface area contributed by atoms with Crippen LogP contribution in [-0.2, 0) is 13.6 Å². The number of hydrogen-bond donors (Lipinski definition) is 2. The van der Waals surface area contributed by atoms with E-state index in [0.29, 0.717) is 18.8 Å². The Labute approximate surface area is 168 Å². The zero-order valence-electron chi connectivity index (χ0n) is 16.4. The molecule has 3 aromatic rings. The lowest BCUT2D eigenvalue weighted by Crippen LogP contribution is -2.39. The van der Waals surface area contributed by atoms with Crippen molar-refractivity contribution in [1.29, 1.82) is 0 Å². The smallest absolute Gasteiger partial charge is 0.276 e. The molecule has 1 aliphatic heterocycles. The maximum Gasteiger partial charge on any atom is 0.276 e. The van der Waals surface area contributed by atoms with Crippen LogP contribution in [0.4, 0.5) is 0 Å². The molecule has 1 unspecified atom stereocenters. The van der Waals surface area contributed by atoms with E-state index in [1.54, 1.807) is 17.2 Å². The van der Waals surface area contributed by atoms with E-state index in [1.807, 2.05) is 29.0 Å². The van der Waals surface area contributed by atoms with Gasteiger partial charge in [0.15, 0.2) is 5.69 Å². The Morgan fingerprint density at radius 1 is 1.24 bits per heavy atom. The zero-order chi connectivity index (χ0) is 20.0. The highest BCUT2D eigenvalue weighted by atomic mass is 16.2. The fourth-order valence-corrected chi connectivity index (χ4v) is 4.44. The predicted molar refractivity (Wildman–Crippen MR) is 104 cm³/mol. The van der Waals surface area contributed by atoms with Crippen molar-refractivity contribution in [3.05, 3.63) is 47.6 Å². The first kappa shape index (κ1) is 18.0. The van der Waals surface area contributed by atoms with Gasteiger partial charge in [-0.25, -0.2) is 9.67 Å². The number of amides is 1. The maximum absolute atomic E-state index is 13.2. The van der Waals surface area contributed by atoms with Crippen LogP contribution in [0.2, 0.25) is 0 Å². The number of fused-ring (bicyclic) bond motifs is 1. The second kappa shape index (κ2) is 7.11. The highest BCUT2D eigenvalue weighted by Crippen LogP contribution is 2.32. The van der Waals surface area contributed by atoms with Crippen LogP contribution >= 0.6 is 0 Å². The van der Waals surface area contributed by atoms with E-state index in [-0.39, 0.29) is 23.9 Å². The Hall–Kier alpha value is -3.01. The number of nitrogens with one attached hydrogen (secondary N) is 1. The number of carbonyl (C=O) groups is 1. The number of aryl methyl sites for hydroxylation is 1. The molecule has 1 aliphatic carbocycles. The van der Waals surface area contributed by atoms with Crippen molar-refractivity contribution in [2.45, 2.75) is 50.2 Å². The largest absolute Gasteiger partial charge is 0.347 e. The van der Waals surface area contributed by atoms with Crippen LogP contribution in [0.1, 0.15) is 65.1 Å². The standard InChI is InChI=1S/C19H25N9O/c1-26-7-12(6-23-26)15-8-27(9-16-18(15)22-11-21-16)19(29)17-10-28(25-24-17)14-4-2-13(20)3-5-14/h6-7,10-11,13-15H,2-5,8-9,20H2,1H3,(H,21,22). The van der Waals surface area contributed by atoms with E-state index < -0.39 is 0 Å². The number of nitrogens with zero attached hydrogens (tertiary/aromatic N) is 7. The van der Waals surface area contributed by atoms with E-state index in [0.717, 1.165) is 42.6 Å². The monoisotopic (exact) mass is 395 g/mol. The minimum absolute atomic E-state index is 0.0162. The fourth-order valence-electron chi connectivity index (χ4n) is 4.44. The Morgan fingerprint density at radius 3 is 2.83 bits per heavy atom. The van der Waals surface area contributed by atoms with Gasteiger partial charge >= 0.3 is 0 Å². The van der Waals surface area contributed by atoms with Crippen molar-refractivity contribution in [2.24, 2.45) is 12.8 Å². The molecule has 1 saturated carbocycles.